The summed E-state index contributed by atoms with van der Waals surface area (Å²) in [5, 5.41) is 0. The Morgan fingerprint density at radius 1 is 1.05 bits per heavy atom. The van der Waals surface area contributed by atoms with Crippen molar-refractivity contribution in [3.05, 3.63) is 52.1 Å². The minimum atomic E-state index is -0.222. The summed E-state index contributed by atoms with van der Waals surface area (Å²) in [5.74, 6) is 0.879. The summed E-state index contributed by atoms with van der Waals surface area (Å²) in [4.78, 5) is 14.5. The number of benzene rings is 1. The minimum Gasteiger partial charge on any atom is -0.427 e. The van der Waals surface area contributed by atoms with E-state index in [9.17, 15) is 4.79 Å². The van der Waals surface area contributed by atoms with Crippen LogP contribution in [0.15, 0.2) is 39.5 Å². The number of nitrogens with zero attached hydrogens (tertiary/aromatic N) is 1. The van der Waals surface area contributed by atoms with Crippen LogP contribution < -0.4 is 10.5 Å². The molecule has 3 nitrogen and oxygen atoms in total. The Bertz CT molecular complexity index is 671. The molecule has 0 fully saturated rings. The van der Waals surface area contributed by atoms with Crippen molar-refractivity contribution in [2.75, 3.05) is 19.0 Å². The Labute approximate surface area is 118 Å². The average molecular weight is 269 g/mol. The molecule has 0 unspecified atom stereocenters. The summed E-state index contributed by atoms with van der Waals surface area (Å²) in [7, 11) is 3.99. The Hall–Kier alpha value is -2.03. The summed E-state index contributed by atoms with van der Waals surface area (Å²) in [6.45, 7) is 0. The molecule has 0 atom stereocenters. The first kappa shape index (κ1) is 13.0. The standard InChI is InChI=1S/C17H19NO2/c1-18(2)16-13-10-6-7-11-14(13)20-17(19)15(16)12-8-4-3-5-9-12/h3-5,8-9H,6-7,10-11H2,1-2H3. The third-order valence-corrected chi connectivity index (χ3v) is 3.87. The van der Waals surface area contributed by atoms with Gasteiger partial charge < -0.3 is 9.32 Å². The molecule has 0 saturated carbocycles. The van der Waals surface area contributed by atoms with E-state index in [0.717, 1.165) is 42.7 Å². The molecule has 0 saturated heterocycles. The van der Waals surface area contributed by atoms with Crippen LogP contribution in [0.25, 0.3) is 11.1 Å². The average Bonchev–Trinajstić information content (AvgIpc) is 2.46. The van der Waals surface area contributed by atoms with Crippen LogP contribution in [0.4, 0.5) is 5.69 Å². The summed E-state index contributed by atoms with van der Waals surface area (Å²) in [5.41, 5.74) is 3.64. The zero-order valence-electron chi connectivity index (χ0n) is 12.0. The predicted molar refractivity (Wildman–Crippen MR) is 81.4 cm³/mol. The van der Waals surface area contributed by atoms with Crippen molar-refractivity contribution in [2.24, 2.45) is 0 Å². The van der Waals surface area contributed by atoms with Crippen molar-refractivity contribution in [2.45, 2.75) is 25.7 Å². The number of fused-ring (bicyclic) bond motifs is 1. The first-order valence-electron chi connectivity index (χ1n) is 7.10. The maximum absolute atomic E-state index is 12.4. The molecule has 2 aromatic rings. The van der Waals surface area contributed by atoms with Gasteiger partial charge in [-0.05, 0) is 24.8 Å². The highest BCUT2D eigenvalue weighted by molar-refractivity contribution is 5.80. The molecule has 0 radical (unpaired) electrons. The Kier molecular flexibility index (Phi) is 3.35. The van der Waals surface area contributed by atoms with E-state index in [4.69, 9.17) is 4.42 Å². The van der Waals surface area contributed by atoms with Crippen molar-refractivity contribution in [3.63, 3.8) is 0 Å². The van der Waals surface area contributed by atoms with Crippen molar-refractivity contribution < 1.29 is 4.42 Å². The summed E-state index contributed by atoms with van der Waals surface area (Å²) in [6, 6.07) is 9.79. The molecule has 0 amide bonds. The second-order valence-corrected chi connectivity index (χ2v) is 5.48. The van der Waals surface area contributed by atoms with Gasteiger partial charge in [0.25, 0.3) is 0 Å². The van der Waals surface area contributed by atoms with Crippen LogP contribution in [0.2, 0.25) is 0 Å². The van der Waals surface area contributed by atoms with Gasteiger partial charge in [-0.2, -0.15) is 0 Å². The molecule has 1 aromatic carbocycles. The lowest BCUT2D eigenvalue weighted by atomic mass is 9.92. The zero-order chi connectivity index (χ0) is 14.1. The lowest BCUT2D eigenvalue weighted by Crippen LogP contribution is -2.21. The number of anilines is 1. The molecule has 104 valence electrons. The smallest absolute Gasteiger partial charge is 0.345 e. The van der Waals surface area contributed by atoms with Crippen LogP contribution in [0.5, 0.6) is 0 Å². The van der Waals surface area contributed by atoms with E-state index in [1.165, 1.54) is 5.56 Å². The molecule has 0 N–H and O–H groups in total. The van der Waals surface area contributed by atoms with Gasteiger partial charge in [0.15, 0.2) is 0 Å². The molecular formula is C17H19NO2. The first-order valence-corrected chi connectivity index (χ1v) is 7.10. The summed E-state index contributed by atoms with van der Waals surface area (Å²) >= 11 is 0. The van der Waals surface area contributed by atoms with Gasteiger partial charge in [0, 0.05) is 26.1 Å². The van der Waals surface area contributed by atoms with E-state index in [1.807, 2.05) is 49.3 Å². The fourth-order valence-corrected chi connectivity index (χ4v) is 3.00. The predicted octanol–water partition coefficient (Wildman–Crippen LogP) is 3.25. The van der Waals surface area contributed by atoms with E-state index in [1.54, 1.807) is 0 Å². The number of hydrogen-bond donors (Lipinski definition) is 0. The molecular weight excluding hydrogens is 250 g/mol. The van der Waals surface area contributed by atoms with Gasteiger partial charge in [-0.15, -0.1) is 0 Å². The van der Waals surface area contributed by atoms with Crippen molar-refractivity contribution >= 4 is 5.69 Å². The molecule has 1 heterocycles. The van der Waals surface area contributed by atoms with E-state index in [0.29, 0.717) is 5.56 Å². The third-order valence-electron chi connectivity index (χ3n) is 3.87. The van der Waals surface area contributed by atoms with Crippen LogP contribution in [0, 0.1) is 0 Å². The summed E-state index contributed by atoms with van der Waals surface area (Å²) in [6.07, 6.45) is 4.14. The van der Waals surface area contributed by atoms with E-state index < -0.39 is 0 Å². The first-order chi connectivity index (χ1) is 9.68. The molecule has 0 bridgehead atoms. The Morgan fingerprint density at radius 2 is 1.75 bits per heavy atom. The molecule has 3 rings (SSSR count). The minimum absolute atomic E-state index is 0.222. The van der Waals surface area contributed by atoms with E-state index in [2.05, 4.69) is 0 Å². The van der Waals surface area contributed by atoms with Crippen LogP contribution in [0.3, 0.4) is 0 Å². The Morgan fingerprint density at radius 3 is 2.45 bits per heavy atom. The second-order valence-electron chi connectivity index (χ2n) is 5.48. The highest BCUT2D eigenvalue weighted by Gasteiger charge is 2.23. The number of aryl methyl sites for hydroxylation is 1. The molecule has 1 aliphatic carbocycles. The van der Waals surface area contributed by atoms with Gasteiger partial charge >= 0.3 is 5.63 Å². The van der Waals surface area contributed by atoms with Crippen LogP contribution in [-0.4, -0.2) is 14.1 Å². The highest BCUT2D eigenvalue weighted by atomic mass is 16.4. The van der Waals surface area contributed by atoms with Gasteiger partial charge in [0.05, 0.1) is 11.3 Å². The van der Waals surface area contributed by atoms with Crippen molar-refractivity contribution in [1.82, 2.24) is 0 Å². The third kappa shape index (κ3) is 2.13. The maximum Gasteiger partial charge on any atom is 0.345 e. The molecule has 3 heteroatoms. The molecule has 0 aliphatic heterocycles. The van der Waals surface area contributed by atoms with Crippen molar-refractivity contribution in [1.29, 1.82) is 0 Å². The SMILES string of the molecule is CN(C)c1c2c(oc(=O)c1-c1ccccc1)CCCC2. The Balaban J connectivity index is 2.31. The van der Waals surface area contributed by atoms with E-state index in [-0.39, 0.29) is 5.63 Å². The monoisotopic (exact) mass is 269 g/mol. The largest absolute Gasteiger partial charge is 0.427 e. The molecule has 20 heavy (non-hydrogen) atoms. The molecule has 1 aliphatic rings. The van der Waals surface area contributed by atoms with Crippen LogP contribution in [0.1, 0.15) is 24.2 Å². The molecule has 0 spiro atoms. The molecule has 1 aromatic heterocycles. The van der Waals surface area contributed by atoms with Gasteiger partial charge in [-0.1, -0.05) is 30.3 Å². The maximum atomic E-state index is 12.4. The second kappa shape index (κ2) is 5.16. The van der Waals surface area contributed by atoms with Crippen LogP contribution in [-0.2, 0) is 12.8 Å². The lowest BCUT2D eigenvalue weighted by molar-refractivity contribution is 0.430. The summed E-state index contributed by atoms with van der Waals surface area (Å²) < 4.78 is 5.59. The number of hydrogen-bond acceptors (Lipinski definition) is 3. The fraction of sp³-hybridized carbons (Fsp3) is 0.353. The van der Waals surface area contributed by atoms with Crippen molar-refractivity contribution in [3.8, 4) is 11.1 Å². The van der Waals surface area contributed by atoms with Crippen LogP contribution >= 0.6 is 0 Å². The van der Waals surface area contributed by atoms with Gasteiger partial charge in [0.2, 0.25) is 0 Å². The number of rotatable bonds is 2. The lowest BCUT2D eigenvalue weighted by Gasteiger charge is -2.25. The van der Waals surface area contributed by atoms with Gasteiger partial charge in [-0.25, -0.2) is 4.79 Å². The van der Waals surface area contributed by atoms with Gasteiger partial charge in [-0.3, -0.25) is 0 Å². The highest BCUT2D eigenvalue weighted by Crippen LogP contribution is 2.35. The quantitative estimate of drug-likeness (QED) is 0.839. The zero-order valence-corrected chi connectivity index (χ0v) is 12.0. The van der Waals surface area contributed by atoms with Gasteiger partial charge in [0.1, 0.15) is 5.76 Å². The normalized spacial score (nSPS) is 13.9. The fourth-order valence-electron chi connectivity index (χ4n) is 3.00. The topological polar surface area (TPSA) is 33.5 Å². The van der Waals surface area contributed by atoms with E-state index >= 15 is 0 Å².